The van der Waals surface area contributed by atoms with Gasteiger partial charge in [-0.05, 0) is 19.0 Å². The summed E-state index contributed by atoms with van der Waals surface area (Å²) >= 11 is 0. The molecule has 1 aromatic carbocycles. The maximum atomic E-state index is 12.9. The highest BCUT2D eigenvalue weighted by atomic mass is 16.5. The Morgan fingerprint density at radius 2 is 1.84 bits per heavy atom. The SMILES string of the molecule is CCCOCC(=O)NC(Cc1ccccc1)C(=O)N1CCN(C)CC1. The predicted molar refractivity (Wildman–Crippen MR) is 97.3 cm³/mol. The van der Waals surface area contributed by atoms with Crippen LogP contribution in [0.3, 0.4) is 0 Å². The molecule has 2 rings (SSSR count). The van der Waals surface area contributed by atoms with Gasteiger partial charge in [-0.1, -0.05) is 37.3 Å². The van der Waals surface area contributed by atoms with E-state index in [4.69, 9.17) is 4.74 Å². The number of hydrogen-bond acceptors (Lipinski definition) is 4. The Hall–Kier alpha value is -1.92. The Labute approximate surface area is 150 Å². The van der Waals surface area contributed by atoms with Crippen molar-refractivity contribution in [1.82, 2.24) is 15.1 Å². The molecule has 0 aliphatic carbocycles. The van der Waals surface area contributed by atoms with Crippen LogP contribution in [-0.4, -0.2) is 74.1 Å². The predicted octanol–water partition coefficient (Wildman–Crippen LogP) is 0.915. The Kier molecular flexibility index (Phi) is 7.88. The first-order valence-electron chi connectivity index (χ1n) is 8.98. The lowest BCUT2D eigenvalue weighted by Crippen LogP contribution is -2.55. The number of ether oxygens (including phenoxy) is 1. The van der Waals surface area contributed by atoms with Crippen molar-refractivity contribution in [3.8, 4) is 0 Å². The number of nitrogens with zero attached hydrogens (tertiary/aromatic N) is 2. The second-order valence-electron chi connectivity index (χ2n) is 6.49. The molecule has 1 fully saturated rings. The molecule has 0 bridgehead atoms. The Morgan fingerprint density at radius 1 is 1.16 bits per heavy atom. The van der Waals surface area contributed by atoms with Crippen molar-refractivity contribution in [1.29, 1.82) is 0 Å². The highest BCUT2D eigenvalue weighted by Gasteiger charge is 2.28. The molecule has 1 aliphatic heterocycles. The normalized spacial score (nSPS) is 16.5. The summed E-state index contributed by atoms with van der Waals surface area (Å²) in [5.41, 5.74) is 1.03. The van der Waals surface area contributed by atoms with Gasteiger partial charge in [0.15, 0.2) is 0 Å². The van der Waals surface area contributed by atoms with Gasteiger partial charge in [0, 0.05) is 39.2 Å². The van der Waals surface area contributed by atoms with E-state index in [0.717, 1.165) is 25.1 Å². The van der Waals surface area contributed by atoms with Gasteiger partial charge in [-0.15, -0.1) is 0 Å². The van der Waals surface area contributed by atoms with Gasteiger partial charge >= 0.3 is 0 Å². The van der Waals surface area contributed by atoms with Crippen LogP contribution in [0.5, 0.6) is 0 Å². The van der Waals surface area contributed by atoms with Gasteiger partial charge in [-0.25, -0.2) is 0 Å². The Bertz CT molecular complexity index is 542. The molecule has 1 atom stereocenters. The number of rotatable bonds is 8. The minimum Gasteiger partial charge on any atom is -0.372 e. The molecule has 1 unspecified atom stereocenters. The lowest BCUT2D eigenvalue weighted by atomic mass is 10.0. The van der Waals surface area contributed by atoms with E-state index in [2.05, 4.69) is 17.3 Å². The lowest BCUT2D eigenvalue weighted by Gasteiger charge is -2.34. The maximum absolute atomic E-state index is 12.9. The number of carbonyl (C=O) groups is 2. The van der Waals surface area contributed by atoms with Gasteiger partial charge in [0.1, 0.15) is 12.6 Å². The molecule has 1 aromatic rings. The van der Waals surface area contributed by atoms with Gasteiger partial charge < -0.3 is 19.9 Å². The number of carbonyl (C=O) groups excluding carboxylic acids is 2. The summed E-state index contributed by atoms with van der Waals surface area (Å²) in [4.78, 5) is 29.1. The van der Waals surface area contributed by atoms with Crippen molar-refractivity contribution in [3.05, 3.63) is 35.9 Å². The second kappa shape index (κ2) is 10.2. The zero-order chi connectivity index (χ0) is 18.1. The van der Waals surface area contributed by atoms with Crippen molar-refractivity contribution in [2.24, 2.45) is 0 Å². The number of likely N-dealkylation sites (N-methyl/N-ethyl adjacent to an activating group) is 1. The zero-order valence-electron chi connectivity index (χ0n) is 15.2. The van der Waals surface area contributed by atoms with Crippen LogP contribution in [0.1, 0.15) is 18.9 Å². The number of amides is 2. The third-order valence-corrected chi connectivity index (χ3v) is 4.31. The summed E-state index contributed by atoms with van der Waals surface area (Å²) in [7, 11) is 2.05. The van der Waals surface area contributed by atoms with Gasteiger partial charge in [0.05, 0.1) is 0 Å². The van der Waals surface area contributed by atoms with Crippen LogP contribution in [0.15, 0.2) is 30.3 Å². The molecule has 0 aromatic heterocycles. The molecular weight excluding hydrogens is 318 g/mol. The first kappa shape index (κ1) is 19.4. The van der Waals surface area contributed by atoms with E-state index < -0.39 is 6.04 Å². The monoisotopic (exact) mass is 347 g/mol. The van der Waals surface area contributed by atoms with Crippen molar-refractivity contribution < 1.29 is 14.3 Å². The van der Waals surface area contributed by atoms with Gasteiger partial charge in [-0.2, -0.15) is 0 Å². The van der Waals surface area contributed by atoms with Gasteiger partial charge in [-0.3, -0.25) is 9.59 Å². The molecule has 0 radical (unpaired) electrons. The van der Waals surface area contributed by atoms with E-state index in [9.17, 15) is 9.59 Å². The van der Waals surface area contributed by atoms with E-state index in [1.54, 1.807) is 0 Å². The van der Waals surface area contributed by atoms with Crippen molar-refractivity contribution in [2.75, 3.05) is 46.4 Å². The molecule has 0 spiro atoms. The molecule has 1 saturated heterocycles. The van der Waals surface area contributed by atoms with E-state index in [1.807, 2.05) is 42.2 Å². The number of hydrogen-bond donors (Lipinski definition) is 1. The molecule has 138 valence electrons. The fourth-order valence-electron chi connectivity index (χ4n) is 2.84. The molecule has 25 heavy (non-hydrogen) atoms. The maximum Gasteiger partial charge on any atom is 0.246 e. The molecule has 6 nitrogen and oxygen atoms in total. The summed E-state index contributed by atoms with van der Waals surface area (Å²) in [5.74, 6) is -0.252. The molecule has 2 amide bonds. The summed E-state index contributed by atoms with van der Waals surface area (Å²) in [5, 5.41) is 2.86. The van der Waals surface area contributed by atoms with Crippen molar-refractivity contribution in [2.45, 2.75) is 25.8 Å². The minimum absolute atomic E-state index is 0.00481. The van der Waals surface area contributed by atoms with Crippen molar-refractivity contribution in [3.63, 3.8) is 0 Å². The van der Waals surface area contributed by atoms with Crippen LogP contribution in [0.2, 0.25) is 0 Å². The van der Waals surface area contributed by atoms with E-state index in [-0.39, 0.29) is 18.4 Å². The Balaban J connectivity index is 2.00. The van der Waals surface area contributed by atoms with Crippen LogP contribution in [0.25, 0.3) is 0 Å². The first-order chi connectivity index (χ1) is 12.1. The fraction of sp³-hybridized carbons (Fsp3) is 0.579. The Morgan fingerprint density at radius 3 is 2.48 bits per heavy atom. The molecule has 6 heteroatoms. The summed E-state index contributed by atoms with van der Waals surface area (Å²) in [6.07, 6.45) is 1.35. The topological polar surface area (TPSA) is 61.9 Å². The zero-order valence-corrected chi connectivity index (χ0v) is 15.2. The molecular formula is C19H29N3O3. The highest BCUT2D eigenvalue weighted by molar-refractivity contribution is 5.88. The second-order valence-corrected chi connectivity index (χ2v) is 6.49. The van der Waals surface area contributed by atoms with Gasteiger partial charge in [0.2, 0.25) is 11.8 Å². The van der Waals surface area contributed by atoms with Crippen LogP contribution < -0.4 is 5.32 Å². The van der Waals surface area contributed by atoms with Crippen LogP contribution in [-0.2, 0) is 20.7 Å². The average Bonchev–Trinajstić information content (AvgIpc) is 2.62. The molecule has 1 N–H and O–H groups in total. The van der Waals surface area contributed by atoms with E-state index >= 15 is 0 Å². The van der Waals surface area contributed by atoms with Crippen LogP contribution in [0, 0.1) is 0 Å². The van der Waals surface area contributed by atoms with Crippen LogP contribution >= 0.6 is 0 Å². The summed E-state index contributed by atoms with van der Waals surface area (Å²) in [6.45, 7) is 5.64. The van der Waals surface area contributed by atoms with Crippen LogP contribution in [0.4, 0.5) is 0 Å². The number of nitrogens with one attached hydrogen (secondary N) is 1. The average molecular weight is 347 g/mol. The lowest BCUT2D eigenvalue weighted by molar-refractivity contribution is -0.138. The minimum atomic E-state index is -0.552. The van der Waals surface area contributed by atoms with E-state index in [0.29, 0.717) is 26.1 Å². The molecule has 1 aliphatic rings. The smallest absolute Gasteiger partial charge is 0.246 e. The number of piperazine rings is 1. The van der Waals surface area contributed by atoms with Crippen molar-refractivity contribution >= 4 is 11.8 Å². The number of benzene rings is 1. The third-order valence-electron chi connectivity index (χ3n) is 4.31. The van der Waals surface area contributed by atoms with E-state index in [1.165, 1.54) is 0 Å². The van der Waals surface area contributed by atoms with Gasteiger partial charge in [0.25, 0.3) is 0 Å². The summed E-state index contributed by atoms with van der Waals surface area (Å²) in [6, 6.07) is 9.23. The highest BCUT2D eigenvalue weighted by Crippen LogP contribution is 2.08. The third kappa shape index (κ3) is 6.48. The molecule has 1 heterocycles. The standard InChI is InChI=1S/C19H29N3O3/c1-3-13-25-15-18(23)20-17(14-16-7-5-4-6-8-16)19(24)22-11-9-21(2)10-12-22/h4-8,17H,3,9-15H2,1-2H3,(H,20,23). The fourth-order valence-corrected chi connectivity index (χ4v) is 2.84. The quantitative estimate of drug-likeness (QED) is 0.710. The first-order valence-corrected chi connectivity index (χ1v) is 8.98. The largest absolute Gasteiger partial charge is 0.372 e. The molecule has 0 saturated carbocycles. The summed E-state index contributed by atoms with van der Waals surface area (Å²) < 4.78 is 5.29.